The molecule has 0 atom stereocenters. The van der Waals surface area contributed by atoms with Crippen molar-refractivity contribution >= 4 is 40.8 Å². The Morgan fingerprint density at radius 1 is 1.00 bits per heavy atom. The molecule has 3 aromatic carbocycles. The fraction of sp³-hybridized carbons (Fsp3) is 0.138. The van der Waals surface area contributed by atoms with Crippen LogP contribution in [-0.4, -0.2) is 29.6 Å². The summed E-state index contributed by atoms with van der Waals surface area (Å²) in [6, 6.07) is 26.9. The summed E-state index contributed by atoms with van der Waals surface area (Å²) in [5.74, 6) is 0.217. The van der Waals surface area contributed by atoms with Gasteiger partial charge in [0.05, 0.1) is 12.1 Å². The van der Waals surface area contributed by atoms with Crippen molar-refractivity contribution in [3.05, 3.63) is 102 Å². The lowest BCUT2D eigenvalue weighted by Crippen LogP contribution is -2.30. The van der Waals surface area contributed by atoms with E-state index in [1.165, 1.54) is 0 Å². The van der Waals surface area contributed by atoms with Crippen molar-refractivity contribution in [2.75, 3.05) is 28.8 Å². The zero-order valence-electron chi connectivity index (χ0n) is 19.9. The molecule has 2 heterocycles. The molecule has 36 heavy (non-hydrogen) atoms. The Morgan fingerprint density at radius 3 is 2.61 bits per heavy atom. The lowest BCUT2D eigenvalue weighted by molar-refractivity contribution is -0.117. The normalized spacial score (nSPS) is 12.3. The molecule has 0 saturated carbocycles. The summed E-state index contributed by atoms with van der Waals surface area (Å²) < 4.78 is 0. The fourth-order valence-electron chi connectivity index (χ4n) is 4.49. The molecule has 0 spiro atoms. The summed E-state index contributed by atoms with van der Waals surface area (Å²) >= 11 is 1.60. The highest BCUT2D eigenvalue weighted by atomic mass is 32.2. The number of nitrogens with one attached hydrogen (secondary N) is 1. The number of amides is 2. The Hall–Kier alpha value is -4.10. The summed E-state index contributed by atoms with van der Waals surface area (Å²) in [5.41, 5.74) is 11.5. The van der Waals surface area contributed by atoms with Crippen molar-refractivity contribution in [2.45, 2.75) is 17.7 Å². The highest BCUT2D eigenvalue weighted by molar-refractivity contribution is 7.98. The van der Waals surface area contributed by atoms with Crippen LogP contribution in [-0.2, 0) is 17.6 Å². The van der Waals surface area contributed by atoms with Crippen molar-refractivity contribution in [3.63, 3.8) is 0 Å². The van der Waals surface area contributed by atoms with Crippen LogP contribution in [0.25, 0.3) is 11.1 Å². The minimum Gasteiger partial charge on any atom is -0.384 e. The van der Waals surface area contributed by atoms with E-state index in [-0.39, 0.29) is 18.2 Å². The zero-order chi connectivity index (χ0) is 25.1. The Labute approximate surface area is 214 Å². The molecule has 5 rings (SSSR count). The molecule has 1 aliphatic heterocycles. The minimum absolute atomic E-state index is 0.0231. The maximum Gasteiger partial charge on any atom is 0.256 e. The van der Waals surface area contributed by atoms with E-state index >= 15 is 0 Å². The first-order valence-corrected chi connectivity index (χ1v) is 12.9. The molecule has 6 nitrogen and oxygen atoms in total. The van der Waals surface area contributed by atoms with E-state index in [1.807, 2.05) is 73.0 Å². The summed E-state index contributed by atoms with van der Waals surface area (Å²) in [7, 11) is 0. The van der Waals surface area contributed by atoms with Crippen LogP contribution < -0.4 is 16.0 Å². The first-order valence-electron chi connectivity index (χ1n) is 11.7. The summed E-state index contributed by atoms with van der Waals surface area (Å²) in [5, 5.41) is 3.06. The van der Waals surface area contributed by atoms with Gasteiger partial charge >= 0.3 is 0 Å². The van der Waals surface area contributed by atoms with Crippen molar-refractivity contribution in [2.24, 2.45) is 0 Å². The number of benzene rings is 3. The number of nitrogen functional groups attached to an aromatic ring is 1. The molecule has 1 aliphatic rings. The van der Waals surface area contributed by atoms with E-state index in [0.29, 0.717) is 29.3 Å². The maximum atomic E-state index is 13.4. The number of pyridine rings is 1. The van der Waals surface area contributed by atoms with E-state index < -0.39 is 0 Å². The van der Waals surface area contributed by atoms with Crippen LogP contribution in [0.3, 0.4) is 0 Å². The number of nitrogens with zero attached hydrogens (tertiary/aromatic N) is 2. The Kier molecular flexibility index (Phi) is 6.73. The number of anilines is 3. The number of nitrogens with two attached hydrogens (primary N) is 1. The average molecular weight is 495 g/mol. The molecule has 4 aromatic rings. The second-order valence-corrected chi connectivity index (χ2v) is 9.48. The van der Waals surface area contributed by atoms with Gasteiger partial charge in [0, 0.05) is 28.4 Å². The molecule has 180 valence electrons. The molecular formula is C29H26N4O2S. The highest BCUT2D eigenvalue weighted by Crippen LogP contribution is 2.32. The largest absolute Gasteiger partial charge is 0.384 e. The summed E-state index contributed by atoms with van der Waals surface area (Å²) in [6.07, 6.45) is 2.92. The number of hydrogen-bond acceptors (Lipinski definition) is 5. The Morgan fingerprint density at radius 2 is 1.83 bits per heavy atom. The minimum atomic E-state index is -0.164. The molecule has 0 aliphatic carbocycles. The second-order valence-electron chi connectivity index (χ2n) is 8.60. The van der Waals surface area contributed by atoms with Gasteiger partial charge in [0.2, 0.25) is 5.91 Å². The molecular weight excluding hydrogens is 468 g/mol. The number of thioether (sulfide) groups is 1. The van der Waals surface area contributed by atoms with E-state index in [9.17, 15) is 9.59 Å². The first kappa shape index (κ1) is 23.6. The predicted molar refractivity (Wildman–Crippen MR) is 146 cm³/mol. The first-order chi connectivity index (χ1) is 17.5. The van der Waals surface area contributed by atoms with Gasteiger partial charge in [-0.25, -0.2) is 4.98 Å². The van der Waals surface area contributed by atoms with Crippen LogP contribution in [0.2, 0.25) is 0 Å². The number of fused-ring (bicyclic) bond motifs is 1. The van der Waals surface area contributed by atoms with Gasteiger partial charge in [0.15, 0.2) is 0 Å². The number of carbonyl (C=O) groups excluding carboxylic acids is 2. The van der Waals surface area contributed by atoms with Gasteiger partial charge in [-0.1, -0.05) is 42.5 Å². The van der Waals surface area contributed by atoms with Gasteiger partial charge in [0.1, 0.15) is 5.82 Å². The van der Waals surface area contributed by atoms with E-state index in [1.54, 1.807) is 34.9 Å². The van der Waals surface area contributed by atoms with Crippen molar-refractivity contribution in [1.82, 2.24) is 4.98 Å². The number of aromatic nitrogens is 1. The number of hydrogen-bond donors (Lipinski definition) is 2. The van der Waals surface area contributed by atoms with Gasteiger partial charge in [0.25, 0.3) is 5.91 Å². The van der Waals surface area contributed by atoms with Crippen LogP contribution in [0.5, 0.6) is 0 Å². The third kappa shape index (κ3) is 4.97. The standard InChI is InChI=1S/C29H26N4O2S/c1-36-23-11-12-24(19-6-3-2-4-7-19)25(18-23)29(35)32-22-10-13-26-20(16-22)14-15-33(26)28(34)17-21-8-5-9-27(30)31-21/h2-13,16,18H,14-15,17H2,1H3,(H2,30,31)(H,32,35). The molecule has 1 aromatic heterocycles. The van der Waals surface area contributed by atoms with Gasteiger partial charge in [-0.05, 0) is 71.8 Å². The van der Waals surface area contributed by atoms with Gasteiger partial charge in [-0.15, -0.1) is 11.8 Å². The molecule has 2 amide bonds. The summed E-state index contributed by atoms with van der Waals surface area (Å²) in [6.45, 7) is 0.599. The molecule has 0 saturated heterocycles. The van der Waals surface area contributed by atoms with Gasteiger partial charge in [-0.2, -0.15) is 0 Å². The smallest absolute Gasteiger partial charge is 0.256 e. The van der Waals surface area contributed by atoms with Crippen LogP contribution in [0.4, 0.5) is 17.2 Å². The fourth-order valence-corrected chi connectivity index (χ4v) is 4.93. The van der Waals surface area contributed by atoms with Crippen molar-refractivity contribution in [3.8, 4) is 11.1 Å². The molecule has 0 bridgehead atoms. The van der Waals surface area contributed by atoms with Crippen molar-refractivity contribution < 1.29 is 9.59 Å². The SMILES string of the molecule is CSc1ccc(-c2ccccc2)c(C(=O)Nc2ccc3c(c2)CCN3C(=O)Cc2cccc(N)n2)c1. The highest BCUT2D eigenvalue weighted by Gasteiger charge is 2.25. The number of rotatable bonds is 6. The third-order valence-electron chi connectivity index (χ3n) is 6.25. The Bertz CT molecular complexity index is 1440. The second kappa shape index (κ2) is 10.3. The van der Waals surface area contributed by atoms with Crippen LogP contribution in [0, 0.1) is 0 Å². The quantitative estimate of drug-likeness (QED) is 0.349. The van der Waals surface area contributed by atoms with E-state index in [2.05, 4.69) is 10.3 Å². The predicted octanol–water partition coefficient (Wildman–Crippen LogP) is 5.44. The van der Waals surface area contributed by atoms with E-state index in [4.69, 9.17) is 5.73 Å². The number of carbonyl (C=O) groups is 2. The van der Waals surface area contributed by atoms with Gasteiger partial charge in [-0.3, -0.25) is 9.59 Å². The van der Waals surface area contributed by atoms with Crippen LogP contribution in [0.15, 0.2) is 89.8 Å². The van der Waals surface area contributed by atoms with Crippen molar-refractivity contribution in [1.29, 1.82) is 0 Å². The topological polar surface area (TPSA) is 88.3 Å². The summed E-state index contributed by atoms with van der Waals surface area (Å²) in [4.78, 5) is 33.4. The molecule has 0 fully saturated rings. The van der Waals surface area contributed by atoms with Crippen LogP contribution in [0.1, 0.15) is 21.6 Å². The lowest BCUT2D eigenvalue weighted by atomic mass is 9.99. The molecule has 0 unspecified atom stereocenters. The zero-order valence-corrected chi connectivity index (χ0v) is 20.7. The third-order valence-corrected chi connectivity index (χ3v) is 6.98. The van der Waals surface area contributed by atoms with Crippen LogP contribution >= 0.6 is 11.8 Å². The van der Waals surface area contributed by atoms with Gasteiger partial charge < -0.3 is 16.0 Å². The maximum absolute atomic E-state index is 13.4. The van der Waals surface area contributed by atoms with E-state index in [0.717, 1.165) is 33.7 Å². The monoisotopic (exact) mass is 494 g/mol. The average Bonchev–Trinajstić information content (AvgIpc) is 3.32. The Balaban J connectivity index is 1.35. The molecule has 3 N–H and O–H groups in total. The molecule has 7 heteroatoms. The lowest BCUT2D eigenvalue weighted by Gasteiger charge is -2.18. The molecule has 0 radical (unpaired) electrons.